The summed E-state index contributed by atoms with van der Waals surface area (Å²) in [6.07, 6.45) is 4.27. The van der Waals surface area contributed by atoms with Gasteiger partial charge in [-0.1, -0.05) is 12.1 Å². The van der Waals surface area contributed by atoms with Gasteiger partial charge >= 0.3 is 0 Å². The van der Waals surface area contributed by atoms with E-state index in [0.29, 0.717) is 19.6 Å². The zero-order valence-corrected chi connectivity index (χ0v) is 21.4. The van der Waals surface area contributed by atoms with Crippen LogP contribution in [0.3, 0.4) is 0 Å². The minimum atomic E-state index is -3.11. The third kappa shape index (κ3) is 9.27. The van der Waals surface area contributed by atoms with E-state index in [1.807, 2.05) is 6.92 Å². The normalized spacial score (nSPS) is 15.9. The highest BCUT2D eigenvalue weighted by molar-refractivity contribution is 14.0. The summed E-state index contributed by atoms with van der Waals surface area (Å²) < 4.78 is 25.5. The maximum atomic E-state index is 12.0. The Bertz CT molecular complexity index is 809. The van der Waals surface area contributed by atoms with Crippen LogP contribution in [0.5, 0.6) is 0 Å². The van der Waals surface area contributed by atoms with Gasteiger partial charge in [0.1, 0.15) is 0 Å². The summed E-state index contributed by atoms with van der Waals surface area (Å²) in [5.41, 5.74) is 1.20. The summed E-state index contributed by atoms with van der Waals surface area (Å²) in [6, 6.07) is 6.90. The fraction of sp³-hybridized carbons (Fsp3) is 0.650. The number of nitro benzene ring substituents is 1. The lowest BCUT2D eigenvalue weighted by Gasteiger charge is -2.32. The second-order valence-electron chi connectivity index (χ2n) is 7.36. The zero-order chi connectivity index (χ0) is 22.0. The number of nitrogens with one attached hydrogen (secondary N) is 2. The molecule has 0 amide bonds. The first-order chi connectivity index (χ1) is 14.4. The Kier molecular flexibility index (Phi) is 12.3. The number of piperidine rings is 1. The number of rotatable bonds is 10. The van der Waals surface area contributed by atoms with Gasteiger partial charge in [-0.2, -0.15) is 0 Å². The maximum absolute atomic E-state index is 12.0. The second kappa shape index (κ2) is 13.8. The monoisotopic (exact) mass is 567 g/mol. The van der Waals surface area contributed by atoms with Gasteiger partial charge in [-0.3, -0.25) is 15.1 Å². The molecule has 0 spiro atoms. The third-order valence-electron chi connectivity index (χ3n) is 5.19. The van der Waals surface area contributed by atoms with E-state index in [9.17, 15) is 18.5 Å². The molecule has 0 radical (unpaired) electrons. The van der Waals surface area contributed by atoms with Gasteiger partial charge in [0.2, 0.25) is 10.0 Å². The van der Waals surface area contributed by atoms with Gasteiger partial charge in [0, 0.05) is 44.4 Å². The summed E-state index contributed by atoms with van der Waals surface area (Å²) in [4.78, 5) is 14.9. The molecule has 2 N–H and O–H groups in total. The highest BCUT2D eigenvalue weighted by Gasteiger charge is 2.26. The molecule has 2 rings (SSSR count). The molecule has 0 bridgehead atoms. The number of aryl methyl sites for hydroxylation is 1. The van der Waals surface area contributed by atoms with Crippen molar-refractivity contribution >= 4 is 45.6 Å². The average Bonchev–Trinajstić information content (AvgIpc) is 2.74. The van der Waals surface area contributed by atoms with E-state index in [4.69, 9.17) is 0 Å². The van der Waals surface area contributed by atoms with Gasteiger partial charge in [0.15, 0.2) is 5.96 Å². The highest BCUT2D eigenvalue weighted by Crippen LogP contribution is 2.15. The Balaban J connectivity index is 0.00000480. The number of sulfonamides is 1. The van der Waals surface area contributed by atoms with Gasteiger partial charge in [0.25, 0.3) is 5.69 Å². The van der Waals surface area contributed by atoms with E-state index < -0.39 is 10.0 Å². The van der Waals surface area contributed by atoms with Crippen molar-refractivity contribution in [1.29, 1.82) is 0 Å². The number of nitro groups is 1. The van der Waals surface area contributed by atoms with Crippen molar-refractivity contribution in [2.45, 2.75) is 52.0 Å². The number of unbranched alkanes of at least 4 members (excludes halogenated alkanes) is 1. The Hall–Kier alpha value is -1.47. The predicted octanol–water partition coefficient (Wildman–Crippen LogP) is 2.90. The van der Waals surface area contributed by atoms with Gasteiger partial charge in [0.05, 0.1) is 10.7 Å². The van der Waals surface area contributed by atoms with Crippen LogP contribution in [0.2, 0.25) is 0 Å². The van der Waals surface area contributed by atoms with Gasteiger partial charge < -0.3 is 10.6 Å². The number of guanidine groups is 1. The first-order valence-electron chi connectivity index (χ1n) is 10.6. The molecule has 0 saturated carbocycles. The molecule has 1 aliphatic rings. The lowest BCUT2D eigenvalue weighted by Crippen LogP contribution is -2.50. The van der Waals surface area contributed by atoms with Crippen LogP contribution in [0, 0.1) is 10.1 Å². The van der Waals surface area contributed by atoms with Gasteiger partial charge in [-0.15, -0.1) is 24.0 Å². The fourth-order valence-corrected chi connectivity index (χ4v) is 4.52. The van der Waals surface area contributed by atoms with Crippen LogP contribution in [-0.4, -0.2) is 61.6 Å². The zero-order valence-electron chi connectivity index (χ0n) is 18.2. The van der Waals surface area contributed by atoms with Crippen molar-refractivity contribution in [3.05, 3.63) is 39.9 Å². The SMILES string of the molecule is CCNC(=NCCCCc1ccc([N+](=O)[O-])cc1)NC1CCN(S(=O)(=O)CC)CC1.I. The van der Waals surface area contributed by atoms with Crippen LogP contribution in [-0.2, 0) is 16.4 Å². The van der Waals surface area contributed by atoms with Crippen LogP contribution in [0.15, 0.2) is 29.3 Å². The number of aliphatic imine (C=N–C) groups is 1. The fourth-order valence-electron chi connectivity index (χ4n) is 3.39. The minimum Gasteiger partial charge on any atom is -0.357 e. The predicted molar refractivity (Wildman–Crippen MR) is 135 cm³/mol. The molecule has 0 aliphatic carbocycles. The molecule has 1 aromatic rings. The second-order valence-corrected chi connectivity index (χ2v) is 9.62. The topological polar surface area (TPSA) is 117 Å². The van der Waals surface area contributed by atoms with E-state index in [1.54, 1.807) is 23.4 Å². The lowest BCUT2D eigenvalue weighted by molar-refractivity contribution is -0.384. The molecule has 0 unspecified atom stereocenters. The van der Waals surface area contributed by atoms with Crippen molar-refractivity contribution in [2.75, 3.05) is 31.9 Å². The van der Waals surface area contributed by atoms with E-state index in [0.717, 1.165) is 50.2 Å². The standard InChI is InChI=1S/C20H33N5O4S.HI/c1-3-21-20(23-18-12-15-24(16-13-18)30(28,29)4-2)22-14-6-5-7-17-8-10-19(11-9-17)25(26)27;/h8-11,18H,3-7,12-16H2,1-2H3,(H2,21,22,23);1H. The number of benzene rings is 1. The number of nitrogens with zero attached hydrogens (tertiary/aromatic N) is 3. The lowest BCUT2D eigenvalue weighted by atomic mass is 10.1. The largest absolute Gasteiger partial charge is 0.357 e. The van der Waals surface area contributed by atoms with Crippen LogP contribution >= 0.6 is 24.0 Å². The number of hydrogen-bond acceptors (Lipinski definition) is 5. The molecule has 0 aromatic heterocycles. The van der Waals surface area contributed by atoms with Gasteiger partial charge in [-0.05, 0) is 51.5 Å². The molecule has 0 atom stereocenters. The molecule has 1 heterocycles. The molecule has 1 saturated heterocycles. The van der Waals surface area contributed by atoms with Crippen LogP contribution < -0.4 is 10.6 Å². The first-order valence-corrected chi connectivity index (χ1v) is 12.2. The average molecular weight is 567 g/mol. The Morgan fingerprint density at radius 2 is 1.84 bits per heavy atom. The molecule has 31 heavy (non-hydrogen) atoms. The molecule has 11 heteroatoms. The Labute approximate surface area is 202 Å². The minimum absolute atomic E-state index is 0. The third-order valence-corrected chi connectivity index (χ3v) is 7.07. The van der Waals surface area contributed by atoms with E-state index in [-0.39, 0.29) is 46.4 Å². The van der Waals surface area contributed by atoms with Crippen LogP contribution in [0.4, 0.5) is 5.69 Å². The number of halogens is 1. The van der Waals surface area contributed by atoms with Crippen molar-refractivity contribution in [1.82, 2.24) is 14.9 Å². The van der Waals surface area contributed by atoms with Crippen molar-refractivity contribution in [2.24, 2.45) is 4.99 Å². The Morgan fingerprint density at radius 3 is 2.39 bits per heavy atom. The molecule has 1 fully saturated rings. The van der Waals surface area contributed by atoms with Crippen molar-refractivity contribution in [3.8, 4) is 0 Å². The summed E-state index contributed by atoms with van der Waals surface area (Å²) >= 11 is 0. The summed E-state index contributed by atoms with van der Waals surface area (Å²) in [5, 5.41) is 17.4. The maximum Gasteiger partial charge on any atom is 0.269 e. The summed E-state index contributed by atoms with van der Waals surface area (Å²) in [5.74, 6) is 0.916. The van der Waals surface area contributed by atoms with E-state index >= 15 is 0 Å². The number of hydrogen-bond donors (Lipinski definition) is 2. The summed E-state index contributed by atoms with van der Waals surface area (Å²) in [6.45, 7) is 6.23. The molecule has 1 aromatic carbocycles. The smallest absolute Gasteiger partial charge is 0.269 e. The molecule has 1 aliphatic heterocycles. The van der Waals surface area contributed by atoms with E-state index in [2.05, 4.69) is 15.6 Å². The molecular weight excluding hydrogens is 533 g/mol. The molecular formula is C20H34IN5O4S. The first kappa shape index (κ1) is 27.6. The van der Waals surface area contributed by atoms with Crippen molar-refractivity contribution < 1.29 is 13.3 Å². The Morgan fingerprint density at radius 1 is 1.19 bits per heavy atom. The molecule has 9 nitrogen and oxygen atoms in total. The highest BCUT2D eigenvalue weighted by atomic mass is 127. The summed E-state index contributed by atoms with van der Waals surface area (Å²) in [7, 11) is -3.11. The van der Waals surface area contributed by atoms with E-state index in [1.165, 1.54) is 12.1 Å². The van der Waals surface area contributed by atoms with Gasteiger partial charge in [-0.25, -0.2) is 12.7 Å². The quantitative estimate of drug-likeness (QED) is 0.112. The molecule has 176 valence electrons. The van der Waals surface area contributed by atoms with Crippen molar-refractivity contribution in [3.63, 3.8) is 0 Å². The van der Waals surface area contributed by atoms with Crippen LogP contribution in [0.25, 0.3) is 0 Å². The number of non-ortho nitro benzene ring substituents is 1. The van der Waals surface area contributed by atoms with Crippen LogP contribution in [0.1, 0.15) is 45.1 Å².